The number of sulfonamides is 1. The Kier molecular flexibility index (Phi) is 5.84. The molecule has 2 fully saturated rings. The molecule has 1 aromatic rings. The van der Waals surface area contributed by atoms with Crippen molar-refractivity contribution in [3.8, 4) is 5.75 Å². The quantitative estimate of drug-likeness (QED) is 0.785. The first kappa shape index (κ1) is 19.1. The summed E-state index contributed by atoms with van der Waals surface area (Å²) in [7, 11) is -0.281. The average Bonchev–Trinajstić information content (AvgIpc) is 2.68. The third-order valence-corrected chi connectivity index (χ3v) is 7.05. The highest BCUT2D eigenvalue weighted by Crippen LogP contribution is 2.29. The monoisotopic (exact) mass is 381 g/mol. The predicted octanol–water partition coefficient (Wildman–Crippen LogP) is 1.26. The number of ether oxygens (including phenoxy) is 1. The summed E-state index contributed by atoms with van der Waals surface area (Å²) in [4.78, 5) is 16.7. The van der Waals surface area contributed by atoms with Gasteiger partial charge >= 0.3 is 0 Å². The van der Waals surface area contributed by atoms with E-state index in [2.05, 4.69) is 4.90 Å². The highest BCUT2D eigenvalue weighted by molar-refractivity contribution is 7.89. The Balaban J connectivity index is 1.91. The van der Waals surface area contributed by atoms with E-state index in [0.29, 0.717) is 31.7 Å². The van der Waals surface area contributed by atoms with Gasteiger partial charge in [-0.15, -0.1) is 0 Å². The standard InChI is InChI=1S/C18H27N3O4S/c1-19-10-12-21(13-11-19)26(23,24)17-14-15(6-7-16(17)25-2)18(22)20-8-4-3-5-9-20/h6-7,14H,3-5,8-13H2,1-2H3. The summed E-state index contributed by atoms with van der Waals surface area (Å²) < 4.78 is 33.0. The molecule has 1 aromatic carbocycles. The van der Waals surface area contributed by atoms with E-state index in [1.54, 1.807) is 17.0 Å². The van der Waals surface area contributed by atoms with Crippen molar-refractivity contribution in [2.75, 3.05) is 53.4 Å². The fraction of sp³-hybridized carbons (Fsp3) is 0.611. The van der Waals surface area contributed by atoms with Crippen LogP contribution in [0.3, 0.4) is 0 Å². The van der Waals surface area contributed by atoms with Gasteiger partial charge in [0.2, 0.25) is 10.0 Å². The summed E-state index contributed by atoms with van der Waals surface area (Å²) >= 11 is 0. The van der Waals surface area contributed by atoms with Crippen LogP contribution in [-0.2, 0) is 10.0 Å². The molecule has 0 saturated carbocycles. The summed E-state index contributed by atoms with van der Waals surface area (Å²) in [6, 6.07) is 4.71. The van der Waals surface area contributed by atoms with Gasteiger partial charge in [-0.1, -0.05) is 0 Å². The van der Waals surface area contributed by atoms with Gasteiger partial charge < -0.3 is 14.5 Å². The maximum Gasteiger partial charge on any atom is 0.253 e. The first-order valence-corrected chi connectivity index (χ1v) is 10.5. The van der Waals surface area contributed by atoms with Crippen LogP contribution in [0.2, 0.25) is 0 Å². The molecule has 144 valence electrons. The number of piperidine rings is 1. The number of hydrogen-bond donors (Lipinski definition) is 0. The lowest BCUT2D eigenvalue weighted by Gasteiger charge is -2.32. The maximum absolute atomic E-state index is 13.1. The molecule has 3 rings (SSSR count). The van der Waals surface area contributed by atoms with Crippen molar-refractivity contribution in [1.82, 2.24) is 14.1 Å². The Morgan fingerprint density at radius 1 is 1.00 bits per heavy atom. The Labute approximate surface area is 155 Å². The average molecular weight is 381 g/mol. The van der Waals surface area contributed by atoms with Crippen molar-refractivity contribution in [3.63, 3.8) is 0 Å². The van der Waals surface area contributed by atoms with E-state index in [0.717, 1.165) is 32.4 Å². The third kappa shape index (κ3) is 3.87. The van der Waals surface area contributed by atoms with Gasteiger partial charge in [0.05, 0.1) is 7.11 Å². The van der Waals surface area contributed by atoms with Crippen molar-refractivity contribution >= 4 is 15.9 Å². The van der Waals surface area contributed by atoms with Gasteiger partial charge in [0.15, 0.2) is 0 Å². The van der Waals surface area contributed by atoms with Gasteiger partial charge in [-0.05, 0) is 44.5 Å². The van der Waals surface area contributed by atoms with Crippen LogP contribution in [0.25, 0.3) is 0 Å². The topological polar surface area (TPSA) is 70.2 Å². The van der Waals surface area contributed by atoms with Crippen molar-refractivity contribution in [2.45, 2.75) is 24.2 Å². The van der Waals surface area contributed by atoms with Crippen molar-refractivity contribution in [1.29, 1.82) is 0 Å². The van der Waals surface area contributed by atoms with Crippen LogP contribution in [-0.4, -0.2) is 81.9 Å². The van der Waals surface area contributed by atoms with E-state index >= 15 is 0 Å². The van der Waals surface area contributed by atoms with Gasteiger partial charge in [-0.25, -0.2) is 8.42 Å². The number of amides is 1. The zero-order chi connectivity index (χ0) is 18.7. The van der Waals surface area contributed by atoms with Crippen LogP contribution < -0.4 is 4.74 Å². The molecule has 26 heavy (non-hydrogen) atoms. The minimum absolute atomic E-state index is 0.0763. The van der Waals surface area contributed by atoms with Crippen LogP contribution in [0.1, 0.15) is 29.6 Å². The fourth-order valence-electron chi connectivity index (χ4n) is 3.46. The molecule has 7 nitrogen and oxygen atoms in total. The SMILES string of the molecule is COc1ccc(C(=O)N2CCCCC2)cc1S(=O)(=O)N1CCN(C)CC1. The highest BCUT2D eigenvalue weighted by atomic mass is 32.2. The molecule has 0 atom stereocenters. The van der Waals surface area contributed by atoms with E-state index in [9.17, 15) is 13.2 Å². The van der Waals surface area contributed by atoms with Crippen LogP contribution in [0.15, 0.2) is 23.1 Å². The molecule has 0 radical (unpaired) electrons. The first-order chi connectivity index (χ1) is 12.4. The first-order valence-electron chi connectivity index (χ1n) is 9.09. The second kappa shape index (κ2) is 7.94. The summed E-state index contributed by atoms with van der Waals surface area (Å²) in [6.45, 7) is 3.71. The minimum Gasteiger partial charge on any atom is -0.495 e. The lowest BCUT2D eigenvalue weighted by atomic mass is 10.1. The van der Waals surface area contributed by atoms with Gasteiger partial charge in [-0.2, -0.15) is 4.31 Å². The molecule has 0 aliphatic carbocycles. The molecule has 2 saturated heterocycles. The van der Waals surface area contributed by atoms with E-state index in [-0.39, 0.29) is 16.6 Å². The normalized spacial score (nSPS) is 20.2. The van der Waals surface area contributed by atoms with Gasteiger partial charge in [0, 0.05) is 44.8 Å². The molecule has 2 aliphatic heterocycles. The molecule has 0 N–H and O–H groups in total. The summed E-state index contributed by atoms with van der Waals surface area (Å²) in [6.07, 6.45) is 3.12. The van der Waals surface area contributed by atoms with Crippen LogP contribution >= 0.6 is 0 Å². The molecule has 0 bridgehead atoms. The molecule has 0 unspecified atom stereocenters. The number of rotatable bonds is 4. The summed E-state index contributed by atoms with van der Waals surface area (Å²) in [5.41, 5.74) is 0.403. The van der Waals surface area contributed by atoms with Crippen molar-refractivity contribution in [3.05, 3.63) is 23.8 Å². The van der Waals surface area contributed by atoms with Gasteiger partial charge in [0.25, 0.3) is 5.91 Å². The van der Waals surface area contributed by atoms with Gasteiger partial charge in [-0.3, -0.25) is 4.79 Å². The molecule has 0 aromatic heterocycles. The Hall–Kier alpha value is -1.64. The number of likely N-dealkylation sites (N-methyl/N-ethyl adjacent to an activating group) is 1. The van der Waals surface area contributed by atoms with E-state index in [4.69, 9.17) is 4.74 Å². The largest absolute Gasteiger partial charge is 0.495 e. The number of benzene rings is 1. The fourth-order valence-corrected chi connectivity index (χ4v) is 5.06. The lowest BCUT2D eigenvalue weighted by Crippen LogP contribution is -2.47. The number of nitrogens with zero attached hydrogens (tertiary/aromatic N) is 3. The van der Waals surface area contributed by atoms with E-state index < -0.39 is 10.0 Å². The summed E-state index contributed by atoms with van der Waals surface area (Å²) in [5.74, 6) is 0.168. The van der Waals surface area contributed by atoms with Gasteiger partial charge in [0.1, 0.15) is 10.6 Å². The van der Waals surface area contributed by atoms with Crippen molar-refractivity contribution in [2.24, 2.45) is 0 Å². The van der Waals surface area contributed by atoms with Crippen LogP contribution in [0, 0.1) is 0 Å². The minimum atomic E-state index is -3.70. The second-order valence-corrected chi connectivity index (χ2v) is 8.83. The maximum atomic E-state index is 13.1. The number of carbonyl (C=O) groups is 1. The smallest absolute Gasteiger partial charge is 0.253 e. The molecule has 1 amide bonds. The second-order valence-electron chi connectivity index (χ2n) is 6.93. The number of carbonyl (C=O) groups excluding carboxylic acids is 1. The molecule has 8 heteroatoms. The Bertz CT molecular complexity index is 752. The van der Waals surface area contributed by atoms with E-state index in [1.807, 2.05) is 7.05 Å². The summed E-state index contributed by atoms with van der Waals surface area (Å²) in [5, 5.41) is 0. The number of hydrogen-bond acceptors (Lipinski definition) is 5. The zero-order valence-electron chi connectivity index (χ0n) is 15.5. The third-order valence-electron chi connectivity index (χ3n) is 5.13. The highest BCUT2D eigenvalue weighted by Gasteiger charge is 2.31. The predicted molar refractivity (Wildman–Crippen MR) is 99.0 cm³/mol. The van der Waals surface area contributed by atoms with Crippen molar-refractivity contribution < 1.29 is 17.9 Å². The molecular weight excluding hydrogens is 354 g/mol. The Morgan fingerprint density at radius 2 is 1.65 bits per heavy atom. The Morgan fingerprint density at radius 3 is 2.27 bits per heavy atom. The van der Waals surface area contributed by atoms with Crippen LogP contribution in [0.4, 0.5) is 0 Å². The molecule has 2 heterocycles. The van der Waals surface area contributed by atoms with E-state index in [1.165, 1.54) is 17.5 Å². The molecular formula is C18H27N3O4S. The lowest BCUT2D eigenvalue weighted by molar-refractivity contribution is 0.0724. The number of likely N-dealkylation sites (tertiary alicyclic amines) is 1. The van der Waals surface area contributed by atoms with Crippen LogP contribution in [0.5, 0.6) is 5.75 Å². The number of piperazine rings is 1. The number of methoxy groups -OCH3 is 1. The molecule has 0 spiro atoms. The molecule has 2 aliphatic rings. The zero-order valence-corrected chi connectivity index (χ0v) is 16.3.